The molecule has 142 valence electrons. The van der Waals surface area contributed by atoms with Gasteiger partial charge in [0.15, 0.2) is 0 Å². The third kappa shape index (κ3) is 4.19. The summed E-state index contributed by atoms with van der Waals surface area (Å²) in [6.07, 6.45) is 6.34. The molecular weight excluding hydrogens is 346 g/mol. The Balaban J connectivity index is 1.76. The van der Waals surface area contributed by atoms with Crippen molar-refractivity contribution in [2.45, 2.75) is 18.9 Å². The number of aromatic nitrogens is 2. The molecule has 1 aromatic carbocycles. The van der Waals surface area contributed by atoms with Gasteiger partial charge >= 0.3 is 5.69 Å². The van der Waals surface area contributed by atoms with E-state index in [-0.39, 0.29) is 17.5 Å². The average molecular weight is 369 g/mol. The van der Waals surface area contributed by atoms with Crippen LogP contribution in [0.25, 0.3) is 6.08 Å². The molecule has 1 amide bonds. The zero-order chi connectivity index (χ0) is 19.6. The molecule has 1 unspecified atom stereocenters. The minimum absolute atomic E-state index is 0.0731. The van der Waals surface area contributed by atoms with Crippen LogP contribution in [0.4, 0.5) is 0 Å². The molecule has 27 heavy (non-hydrogen) atoms. The highest BCUT2D eigenvalue weighted by molar-refractivity contribution is 5.91. The fraction of sp³-hybridized carbons (Fsp3) is 0.350. The summed E-state index contributed by atoms with van der Waals surface area (Å²) in [6.45, 7) is 0. The van der Waals surface area contributed by atoms with Gasteiger partial charge in [0, 0.05) is 26.4 Å². The van der Waals surface area contributed by atoms with Crippen molar-refractivity contribution in [1.29, 1.82) is 0 Å². The summed E-state index contributed by atoms with van der Waals surface area (Å²) in [5.74, 6) is 0.907. The number of amides is 1. The van der Waals surface area contributed by atoms with Crippen LogP contribution < -0.4 is 21.3 Å². The van der Waals surface area contributed by atoms with E-state index in [1.165, 1.54) is 30.0 Å². The predicted octanol–water partition coefficient (Wildman–Crippen LogP) is 1.37. The Hall–Kier alpha value is -3.09. The second-order valence-electron chi connectivity index (χ2n) is 6.77. The van der Waals surface area contributed by atoms with Crippen LogP contribution in [0.5, 0.6) is 5.75 Å². The third-order valence-corrected chi connectivity index (χ3v) is 4.75. The maximum atomic E-state index is 12.4. The number of aryl methyl sites for hydroxylation is 1. The lowest BCUT2D eigenvalue weighted by Gasteiger charge is -2.18. The molecule has 0 saturated heterocycles. The monoisotopic (exact) mass is 369 g/mol. The first-order chi connectivity index (χ1) is 12.9. The van der Waals surface area contributed by atoms with Gasteiger partial charge in [0.2, 0.25) is 5.91 Å². The molecule has 1 heterocycles. The van der Waals surface area contributed by atoms with E-state index in [2.05, 4.69) is 5.32 Å². The van der Waals surface area contributed by atoms with Gasteiger partial charge in [-0.25, -0.2) is 4.79 Å². The SMILES string of the molecule is COc1ccc(C(NC(=O)/C=C/c2cn(C)c(=O)n(C)c2=O)C2CC2)cc1. The van der Waals surface area contributed by atoms with Crippen LogP contribution in [-0.2, 0) is 18.9 Å². The van der Waals surface area contributed by atoms with Gasteiger partial charge in [-0.1, -0.05) is 12.1 Å². The molecular formula is C20H23N3O4. The van der Waals surface area contributed by atoms with Crippen molar-refractivity contribution in [3.05, 3.63) is 68.5 Å². The fourth-order valence-corrected chi connectivity index (χ4v) is 3.03. The Labute approximate surface area is 156 Å². The summed E-state index contributed by atoms with van der Waals surface area (Å²) in [5, 5.41) is 3.02. The number of benzene rings is 1. The van der Waals surface area contributed by atoms with Crippen molar-refractivity contribution in [3.63, 3.8) is 0 Å². The second kappa shape index (κ2) is 7.65. The summed E-state index contributed by atoms with van der Waals surface area (Å²) in [5.41, 5.74) is 0.464. The van der Waals surface area contributed by atoms with Gasteiger partial charge in [0.05, 0.1) is 18.7 Å². The molecule has 1 fully saturated rings. The van der Waals surface area contributed by atoms with Gasteiger partial charge in [-0.2, -0.15) is 0 Å². The van der Waals surface area contributed by atoms with Crippen molar-refractivity contribution in [2.24, 2.45) is 20.0 Å². The summed E-state index contributed by atoms with van der Waals surface area (Å²) in [7, 11) is 4.59. The van der Waals surface area contributed by atoms with Crippen molar-refractivity contribution in [3.8, 4) is 5.75 Å². The summed E-state index contributed by atoms with van der Waals surface area (Å²) < 4.78 is 7.50. The van der Waals surface area contributed by atoms with Crippen LogP contribution in [-0.4, -0.2) is 22.2 Å². The van der Waals surface area contributed by atoms with E-state index >= 15 is 0 Å². The molecule has 1 aromatic heterocycles. The van der Waals surface area contributed by atoms with Crippen molar-refractivity contribution in [2.75, 3.05) is 7.11 Å². The minimum atomic E-state index is -0.434. The summed E-state index contributed by atoms with van der Waals surface area (Å²) in [4.78, 5) is 36.3. The number of nitrogens with one attached hydrogen (secondary N) is 1. The van der Waals surface area contributed by atoms with Crippen molar-refractivity contribution in [1.82, 2.24) is 14.5 Å². The quantitative estimate of drug-likeness (QED) is 0.780. The number of carbonyl (C=O) groups is 1. The van der Waals surface area contributed by atoms with Crippen LogP contribution in [0.15, 0.2) is 46.1 Å². The molecule has 2 aromatic rings. The second-order valence-corrected chi connectivity index (χ2v) is 6.77. The lowest BCUT2D eigenvalue weighted by Crippen LogP contribution is -2.37. The lowest BCUT2D eigenvalue weighted by molar-refractivity contribution is -0.117. The Morgan fingerprint density at radius 3 is 2.48 bits per heavy atom. The van der Waals surface area contributed by atoms with E-state index in [1.807, 2.05) is 24.3 Å². The lowest BCUT2D eigenvalue weighted by atomic mass is 10.0. The summed E-state index contributed by atoms with van der Waals surface area (Å²) in [6, 6.07) is 7.58. The van der Waals surface area contributed by atoms with Gasteiger partial charge in [-0.3, -0.25) is 14.2 Å². The highest BCUT2D eigenvalue weighted by Gasteiger charge is 2.33. The molecule has 0 spiro atoms. The molecule has 0 aliphatic heterocycles. The van der Waals surface area contributed by atoms with E-state index in [1.54, 1.807) is 14.2 Å². The Morgan fingerprint density at radius 1 is 1.22 bits per heavy atom. The average Bonchev–Trinajstić information content (AvgIpc) is 3.51. The van der Waals surface area contributed by atoms with Crippen LogP contribution in [0.3, 0.4) is 0 Å². The molecule has 1 aliphatic carbocycles. The molecule has 0 bridgehead atoms. The summed E-state index contributed by atoms with van der Waals surface area (Å²) >= 11 is 0. The molecule has 7 heteroatoms. The van der Waals surface area contributed by atoms with Crippen LogP contribution in [0.2, 0.25) is 0 Å². The van der Waals surface area contributed by atoms with Gasteiger partial charge in [-0.15, -0.1) is 0 Å². The molecule has 7 nitrogen and oxygen atoms in total. The number of hydrogen-bond acceptors (Lipinski definition) is 4. The normalized spacial score (nSPS) is 14.9. The van der Waals surface area contributed by atoms with E-state index in [4.69, 9.17) is 4.74 Å². The van der Waals surface area contributed by atoms with Crippen molar-refractivity contribution >= 4 is 12.0 Å². The number of hydrogen-bond donors (Lipinski definition) is 1. The molecule has 1 aliphatic rings. The molecule has 3 rings (SSSR count). The van der Waals surface area contributed by atoms with Crippen LogP contribution in [0.1, 0.15) is 30.0 Å². The first-order valence-electron chi connectivity index (χ1n) is 8.80. The van der Waals surface area contributed by atoms with Gasteiger partial charge < -0.3 is 14.6 Å². The minimum Gasteiger partial charge on any atom is -0.497 e. The van der Waals surface area contributed by atoms with E-state index in [0.717, 1.165) is 28.7 Å². The highest BCUT2D eigenvalue weighted by Crippen LogP contribution is 2.41. The first kappa shape index (κ1) is 18.7. The Morgan fingerprint density at radius 2 is 1.89 bits per heavy atom. The topological polar surface area (TPSA) is 82.3 Å². The zero-order valence-electron chi connectivity index (χ0n) is 15.6. The van der Waals surface area contributed by atoms with Crippen molar-refractivity contribution < 1.29 is 9.53 Å². The molecule has 1 atom stereocenters. The predicted molar refractivity (Wildman–Crippen MR) is 103 cm³/mol. The molecule has 1 saturated carbocycles. The standard InChI is InChI=1S/C20H23N3O4/c1-22-12-15(19(25)23(2)20(22)26)8-11-17(24)21-18(13-4-5-13)14-6-9-16(27-3)10-7-14/h6-13,18H,4-5H2,1-3H3,(H,21,24)/b11-8+. The maximum absolute atomic E-state index is 12.4. The third-order valence-electron chi connectivity index (χ3n) is 4.75. The molecule has 1 N–H and O–H groups in total. The Kier molecular flexibility index (Phi) is 5.30. The van der Waals surface area contributed by atoms with E-state index in [0.29, 0.717) is 5.92 Å². The first-order valence-corrected chi connectivity index (χ1v) is 8.80. The zero-order valence-corrected chi connectivity index (χ0v) is 15.6. The number of methoxy groups -OCH3 is 1. The largest absolute Gasteiger partial charge is 0.497 e. The number of ether oxygens (including phenoxy) is 1. The smallest absolute Gasteiger partial charge is 0.330 e. The number of carbonyl (C=O) groups excluding carboxylic acids is 1. The van der Waals surface area contributed by atoms with E-state index < -0.39 is 11.2 Å². The number of rotatable bonds is 6. The van der Waals surface area contributed by atoms with Gasteiger partial charge in [0.25, 0.3) is 5.56 Å². The van der Waals surface area contributed by atoms with Gasteiger partial charge in [-0.05, 0) is 42.5 Å². The fourth-order valence-electron chi connectivity index (χ4n) is 3.03. The Bertz CT molecular complexity index is 982. The maximum Gasteiger partial charge on any atom is 0.330 e. The van der Waals surface area contributed by atoms with Gasteiger partial charge in [0.1, 0.15) is 5.75 Å². The van der Waals surface area contributed by atoms with Crippen LogP contribution >= 0.6 is 0 Å². The molecule has 0 radical (unpaired) electrons. The number of nitrogens with zero attached hydrogens (tertiary/aromatic N) is 2. The highest BCUT2D eigenvalue weighted by atomic mass is 16.5. The van der Waals surface area contributed by atoms with E-state index in [9.17, 15) is 14.4 Å². The van der Waals surface area contributed by atoms with Crippen LogP contribution in [0, 0.1) is 5.92 Å².